The van der Waals surface area contributed by atoms with Gasteiger partial charge in [-0.25, -0.2) is 4.79 Å². The Morgan fingerprint density at radius 3 is 2.11 bits per heavy atom. The van der Waals surface area contributed by atoms with Crippen molar-refractivity contribution in [2.24, 2.45) is 0 Å². The van der Waals surface area contributed by atoms with Gasteiger partial charge in [-0.15, -0.1) is 0 Å². The first-order chi connectivity index (χ1) is 4.04. The molecule has 0 unspecified atom stereocenters. The average molecular weight is 132 g/mol. The molecule has 9 heavy (non-hydrogen) atoms. The lowest BCUT2D eigenvalue weighted by molar-refractivity contribution is -0.565. The summed E-state index contributed by atoms with van der Waals surface area (Å²) in [6, 6.07) is -0.424. The van der Waals surface area contributed by atoms with Crippen molar-refractivity contribution in [1.82, 2.24) is 10.3 Å². The summed E-state index contributed by atoms with van der Waals surface area (Å²) in [6.07, 6.45) is 0. The lowest BCUT2D eigenvalue weighted by Crippen LogP contribution is -2.38. The lowest BCUT2D eigenvalue weighted by atomic mass is 10.8. The number of nitrogens with zero attached hydrogens (tertiary/aromatic N) is 2. The van der Waals surface area contributed by atoms with Gasteiger partial charge in [-0.2, -0.15) is 0 Å². The van der Waals surface area contributed by atoms with E-state index in [0.29, 0.717) is 4.87 Å². The summed E-state index contributed by atoms with van der Waals surface area (Å²) in [4.78, 5) is 22.3. The fraction of sp³-hybridized carbons (Fsp3) is 0.750. The van der Waals surface area contributed by atoms with Gasteiger partial charge in [-0.05, 0) is 0 Å². The van der Waals surface area contributed by atoms with E-state index in [2.05, 4.69) is 0 Å². The second kappa shape index (κ2) is 3.01. The van der Waals surface area contributed by atoms with Crippen molar-refractivity contribution in [2.75, 3.05) is 21.1 Å². The van der Waals surface area contributed by atoms with E-state index in [-0.39, 0.29) is 0 Å². The van der Waals surface area contributed by atoms with E-state index in [1.54, 1.807) is 14.1 Å². The molecule has 0 rings (SSSR count). The molecule has 0 fully saturated rings. The van der Waals surface area contributed by atoms with Crippen LogP contribution in [0, 0.1) is 4.91 Å². The first-order valence-corrected chi connectivity index (χ1v) is 2.43. The van der Waals surface area contributed by atoms with Crippen LogP contribution in [0.2, 0.25) is 0 Å². The number of urea groups is 1. The highest BCUT2D eigenvalue weighted by molar-refractivity contribution is 5.71. The molecular weight excluding hydrogens is 122 g/mol. The number of rotatable bonds is 1. The number of nitrogens with one attached hydrogen (secondary N) is 1. The lowest BCUT2D eigenvalue weighted by Gasteiger charge is -2.04. The minimum atomic E-state index is -0.424. The van der Waals surface area contributed by atoms with E-state index in [4.69, 9.17) is 0 Å². The average Bonchev–Trinajstić information content (AvgIpc) is 1.63. The van der Waals surface area contributed by atoms with Crippen LogP contribution in [0.4, 0.5) is 4.79 Å². The highest BCUT2D eigenvalue weighted by Crippen LogP contribution is 1.73. The minimum Gasteiger partial charge on any atom is -0.327 e. The van der Waals surface area contributed by atoms with Crippen molar-refractivity contribution < 1.29 is 9.66 Å². The molecular formula is C4H10N3O2+. The van der Waals surface area contributed by atoms with Crippen molar-refractivity contribution >= 4 is 6.03 Å². The molecule has 2 amide bonds. The maximum Gasteiger partial charge on any atom is 0.373 e. The van der Waals surface area contributed by atoms with E-state index >= 15 is 0 Å². The first kappa shape index (κ1) is 7.87. The molecule has 52 valence electrons. The maximum atomic E-state index is 10.5. The summed E-state index contributed by atoms with van der Waals surface area (Å²) in [5, 5.41) is 0. The van der Waals surface area contributed by atoms with Gasteiger partial charge in [0.1, 0.15) is 4.87 Å². The fourth-order valence-corrected chi connectivity index (χ4v) is 0.235. The van der Waals surface area contributed by atoms with Crippen LogP contribution in [-0.2, 0) is 0 Å². The maximum absolute atomic E-state index is 10.5. The standard InChI is InChI=1S/C4H9N3O2/c1-6(2)4(8)5-7(3)9/h1-3H3/p+1. The number of hydrogen-bond acceptors (Lipinski definition) is 2. The van der Waals surface area contributed by atoms with Crippen LogP contribution in [-0.4, -0.2) is 36.9 Å². The molecule has 0 radical (unpaired) electrons. The molecule has 0 aliphatic carbocycles. The number of amides is 2. The summed E-state index contributed by atoms with van der Waals surface area (Å²) >= 11 is 0. The molecule has 0 aromatic carbocycles. The number of carbonyl (C=O) groups is 1. The summed E-state index contributed by atoms with van der Waals surface area (Å²) in [6.45, 7) is 0. The molecule has 0 atom stereocenters. The molecule has 1 N–H and O–H groups in total. The third kappa shape index (κ3) is 3.45. The predicted octanol–water partition coefficient (Wildman–Crippen LogP) is -0.419. The monoisotopic (exact) mass is 132 g/mol. The van der Waals surface area contributed by atoms with Crippen LogP contribution < -0.4 is 5.43 Å². The van der Waals surface area contributed by atoms with Gasteiger partial charge < -0.3 is 4.90 Å². The molecule has 0 aromatic rings. The second-order valence-electron chi connectivity index (χ2n) is 1.81. The van der Waals surface area contributed by atoms with Gasteiger partial charge in [0.25, 0.3) is 0 Å². The number of nitroso groups, excluding NO2 is 1. The van der Waals surface area contributed by atoms with Crippen LogP contribution in [0.15, 0.2) is 0 Å². The zero-order chi connectivity index (χ0) is 7.44. The molecule has 0 heterocycles. The third-order valence-corrected chi connectivity index (χ3v) is 0.659. The summed E-state index contributed by atoms with van der Waals surface area (Å²) < 4.78 is 0. The van der Waals surface area contributed by atoms with E-state index in [1.807, 2.05) is 5.43 Å². The number of hydrazine groups is 1. The van der Waals surface area contributed by atoms with E-state index in [1.165, 1.54) is 11.9 Å². The smallest absolute Gasteiger partial charge is 0.327 e. The van der Waals surface area contributed by atoms with Gasteiger partial charge in [0, 0.05) is 14.1 Å². The first-order valence-electron chi connectivity index (χ1n) is 2.43. The van der Waals surface area contributed by atoms with Gasteiger partial charge in [0.2, 0.25) is 7.05 Å². The normalized spacial score (nSPS) is 8.33. The Labute approximate surface area is 53.2 Å². The Morgan fingerprint density at radius 2 is 2.00 bits per heavy atom. The second-order valence-corrected chi connectivity index (χ2v) is 1.81. The van der Waals surface area contributed by atoms with Gasteiger partial charge in [-0.1, -0.05) is 5.43 Å². The molecule has 5 nitrogen and oxygen atoms in total. The molecule has 0 bridgehead atoms. The molecule has 5 heteroatoms. The zero-order valence-corrected chi connectivity index (χ0v) is 5.71. The molecule has 0 saturated heterocycles. The molecule has 0 saturated carbocycles. The SMILES string of the molecule is CN(C)C(=O)N[N+](C)=O. The topological polar surface area (TPSA) is 52.4 Å². The Morgan fingerprint density at radius 1 is 1.56 bits per heavy atom. The van der Waals surface area contributed by atoms with E-state index in [0.717, 1.165) is 0 Å². The van der Waals surface area contributed by atoms with Crippen molar-refractivity contribution in [1.29, 1.82) is 0 Å². The Hall–Kier alpha value is -1.13. The van der Waals surface area contributed by atoms with E-state index in [9.17, 15) is 9.70 Å². The van der Waals surface area contributed by atoms with Crippen molar-refractivity contribution in [2.45, 2.75) is 0 Å². The minimum absolute atomic E-state index is 0.350. The van der Waals surface area contributed by atoms with Crippen molar-refractivity contribution in [3.8, 4) is 0 Å². The highest BCUT2D eigenvalue weighted by atomic mass is 16.3. The Bertz CT molecular complexity index is 132. The van der Waals surface area contributed by atoms with Crippen LogP contribution in [0.25, 0.3) is 0 Å². The van der Waals surface area contributed by atoms with Crippen LogP contribution >= 0.6 is 0 Å². The van der Waals surface area contributed by atoms with Crippen LogP contribution in [0.3, 0.4) is 0 Å². The molecule has 0 spiro atoms. The quantitative estimate of drug-likeness (QED) is 0.389. The van der Waals surface area contributed by atoms with Gasteiger partial charge in [0.15, 0.2) is 0 Å². The molecule has 0 aromatic heterocycles. The largest absolute Gasteiger partial charge is 0.373 e. The zero-order valence-electron chi connectivity index (χ0n) is 5.71. The van der Waals surface area contributed by atoms with Crippen molar-refractivity contribution in [3.05, 3.63) is 4.91 Å². The number of carbonyl (C=O) groups excluding carboxylic acids is 1. The van der Waals surface area contributed by atoms with E-state index < -0.39 is 6.03 Å². The molecule has 0 aliphatic heterocycles. The molecule has 0 aliphatic rings. The Balaban J connectivity index is 3.64. The Kier molecular flexibility index (Phi) is 2.63. The highest BCUT2D eigenvalue weighted by Gasteiger charge is 2.08. The van der Waals surface area contributed by atoms with Crippen LogP contribution in [0.1, 0.15) is 0 Å². The van der Waals surface area contributed by atoms with Gasteiger partial charge in [-0.3, -0.25) is 0 Å². The van der Waals surface area contributed by atoms with Crippen molar-refractivity contribution in [3.63, 3.8) is 0 Å². The fourth-order valence-electron chi connectivity index (χ4n) is 0.235. The van der Waals surface area contributed by atoms with Crippen LogP contribution in [0.5, 0.6) is 0 Å². The predicted molar refractivity (Wildman–Crippen MR) is 31.8 cm³/mol. The summed E-state index contributed by atoms with van der Waals surface area (Å²) in [5.74, 6) is 0. The van der Waals surface area contributed by atoms with Gasteiger partial charge >= 0.3 is 6.03 Å². The summed E-state index contributed by atoms with van der Waals surface area (Å²) in [7, 11) is 4.32. The van der Waals surface area contributed by atoms with Gasteiger partial charge in [0.05, 0.1) is 4.91 Å². The number of hydrogen-bond donors (Lipinski definition) is 1. The summed E-state index contributed by atoms with van der Waals surface area (Å²) in [5.41, 5.74) is 2.01. The third-order valence-electron chi connectivity index (χ3n) is 0.659.